The van der Waals surface area contributed by atoms with Crippen LogP contribution in [0.2, 0.25) is 0 Å². The summed E-state index contributed by atoms with van der Waals surface area (Å²) in [6, 6.07) is 9.59. The number of nitrogens with one attached hydrogen (secondary N) is 2. The predicted octanol–water partition coefficient (Wildman–Crippen LogP) is 7.61. The normalized spacial score (nSPS) is 26.5. The number of piperazine rings is 1. The number of carbonyl (C=O) groups excluding carboxylic acids is 8. The predicted molar refractivity (Wildman–Crippen MR) is 484 cm³/mol. The van der Waals surface area contributed by atoms with Gasteiger partial charge in [0.2, 0.25) is 23.6 Å². The fourth-order valence-corrected chi connectivity index (χ4v) is 18.2. The van der Waals surface area contributed by atoms with Crippen molar-refractivity contribution in [1.29, 1.82) is 0 Å². The number of cyclic esters (lactones) is 1. The number of benzene rings is 2. The summed E-state index contributed by atoms with van der Waals surface area (Å²) in [6.45, 7) is 15.6. The van der Waals surface area contributed by atoms with Gasteiger partial charge in [-0.25, -0.2) is 44.2 Å². The summed E-state index contributed by atoms with van der Waals surface area (Å²) < 4.78 is 54.7. The molecule has 1 aliphatic carbocycles. The molecule has 5 aromatic heterocycles. The number of aromatic nitrogens is 9. The number of carbonyl (C=O) groups is 8. The summed E-state index contributed by atoms with van der Waals surface area (Å²) in [4.78, 5) is 150. The van der Waals surface area contributed by atoms with E-state index in [1.165, 1.54) is 38.5 Å². The van der Waals surface area contributed by atoms with Crippen molar-refractivity contribution in [3.63, 3.8) is 0 Å². The lowest BCUT2D eigenvalue weighted by Gasteiger charge is -2.42. The van der Waals surface area contributed by atoms with Crippen LogP contribution < -0.4 is 37.6 Å². The summed E-state index contributed by atoms with van der Waals surface area (Å²) in [7, 11) is 4.43. The highest BCUT2D eigenvalue weighted by Gasteiger charge is 2.53. The van der Waals surface area contributed by atoms with Crippen molar-refractivity contribution in [1.82, 2.24) is 65.1 Å². The first-order valence-corrected chi connectivity index (χ1v) is 45.3. The van der Waals surface area contributed by atoms with Gasteiger partial charge in [0.15, 0.2) is 17.0 Å². The quantitative estimate of drug-likeness (QED) is 0.0132. The monoisotopic (exact) mass is 1810 g/mol. The number of aliphatic hydroxyl groups is 2. The second-order valence-corrected chi connectivity index (χ2v) is 35.2. The van der Waals surface area contributed by atoms with E-state index in [0.29, 0.717) is 166 Å². The molecule has 5 aliphatic heterocycles. The Balaban J connectivity index is 0.525. The molecule has 37 nitrogen and oxygen atoms in total. The summed E-state index contributed by atoms with van der Waals surface area (Å²) in [5.41, 5.74) is 27.8. The van der Waals surface area contributed by atoms with Gasteiger partial charge in [-0.2, -0.15) is 10.1 Å². The number of ketones is 3. The molecule has 4 amide bonds. The molecule has 131 heavy (non-hydrogen) atoms. The van der Waals surface area contributed by atoms with Crippen molar-refractivity contribution in [2.45, 2.75) is 212 Å². The third kappa shape index (κ3) is 24.5. The zero-order chi connectivity index (χ0) is 93.2. The van der Waals surface area contributed by atoms with Crippen LogP contribution in [0.5, 0.6) is 0 Å². The molecule has 1 saturated carbocycles. The number of nitrogens with two attached hydrogens (primary N) is 3. The van der Waals surface area contributed by atoms with E-state index in [-0.39, 0.29) is 114 Å². The number of aliphatic hydroxyl groups excluding tert-OH is 1. The van der Waals surface area contributed by atoms with E-state index in [9.17, 15) is 48.6 Å². The topological polar surface area (TPSA) is 487 Å². The summed E-state index contributed by atoms with van der Waals surface area (Å²) in [5.74, 6) is -7.87. The zero-order valence-electron chi connectivity index (χ0n) is 76.1. The standard InChI is InChI=1S/C94H124N18O19/c1-55-15-11-10-12-16-56(2)75(123-7)45-68-23-18-60(6)94(122,131-68)84(117)88(119)111-29-14-13-17-71(111)89(120)128-76(46-72(113)57(3)40-59(5)82(116)83(125-9)81(115)58(4)39-55)69(95)42-61-20-24-74(77(43-61)124-8)130-93(121)103-49-63-47-99-91(100-48-63)108-31-33-109(34-32-108)92-101-50-67(51-102-92)87(118)98-28-36-127-38-37-126-35-27-78(114)110-30-26-64-41-62(19-21-66(64)53-110)52-112-86-79(85(96)104-54-105-86)80(107-112)65-22-25-73-70(44-65)106-90(97)129-73/h10-12,15-16,19,21-22,25,40-41,44,47-48,50-51,54-55,57-58,60-61,68-69,71,74-77,82-83,116,122H,13-14,17-18,20,23-24,26-39,42-43,45-46,49,52-53,95H2,1-9H3,(H2,97,106)(H,98,118)(H,103,121)(H2,96,104,105)/b12-10?,15-11+,56-16?,59-40+/t55-,57-,58-,60-,61+,68+,69-,71+,74-,75+,76+,77-,82-,83+,94-/m1/s1. The second kappa shape index (κ2) is 45.1. The van der Waals surface area contributed by atoms with Crippen molar-refractivity contribution < 1.29 is 90.9 Å². The molecule has 10 N–H and O–H groups in total. The summed E-state index contributed by atoms with van der Waals surface area (Å²) in [5, 5.41) is 35.0. The van der Waals surface area contributed by atoms with E-state index in [2.05, 4.69) is 57.7 Å². The van der Waals surface area contributed by atoms with Crippen LogP contribution in [0.3, 0.4) is 0 Å². The number of methoxy groups -OCH3 is 3. The molecule has 37 heteroatoms. The fraction of sp³-hybridized carbons (Fsp3) is 0.553. The van der Waals surface area contributed by atoms with Gasteiger partial charge in [0, 0.05) is 153 Å². The number of fused-ring (bicyclic) bond motifs is 6. The number of nitrogens with zero attached hydrogens (tertiary/aromatic N) is 13. The smallest absolute Gasteiger partial charge is 0.407 e. The molecule has 7 aromatic rings. The number of ether oxygens (including phenoxy) is 8. The maximum atomic E-state index is 14.8. The number of nitrogen functional groups attached to an aromatic ring is 2. The number of Topliss-reactive ketones (excluding diaryl/α,β-unsaturated/α-hetero) is 3. The van der Waals surface area contributed by atoms with Gasteiger partial charge >= 0.3 is 12.1 Å². The zero-order valence-corrected chi connectivity index (χ0v) is 76.1. The average Bonchev–Trinajstić information content (AvgIpc) is 1.64. The van der Waals surface area contributed by atoms with Crippen LogP contribution >= 0.6 is 0 Å². The first-order valence-electron chi connectivity index (χ1n) is 45.3. The number of rotatable bonds is 24. The molecule has 13 rings (SSSR count). The minimum absolute atomic E-state index is 0.000948. The Labute approximate surface area is 761 Å². The van der Waals surface area contributed by atoms with Gasteiger partial charge in [-0.05, 0) is 142 Å². The van der Waals surface area contributed by atoms with Gasteiger partial charge in [0.1, 0.15) is 59.6 Å². The Hall–Kier alpha value is -11.4. The molecule has 2 aromatic carbocycles. The minimum atomic E-state index is -2.51. The Bertz CT molecular complexity index is 5290. The summed E-state index contributed by atoms with van der Waals surface area (Å²) in [6.07, 6.45) is 16.4. The van der Waals surface area contributed by atoms with Gasteiger partial charge < -0.3 is 100.0 Å². The average molecular weight is 1810 g/mol. The minimum Gasteiger partial charge on any atom is -0.459 e. The molecule has 0 unspecified atom stereocenters. The largest absolute Gasteiger partial charge is 0.459 e. The SMILES string of the molecule is CO[C@H]1C[C@@H]2CC[C@@H](C)[C@@](O)(O2)C(=O)C(=O)N2CCCC[C@H]2C(=O)O[C@H]([C@H](N)C[C@@H]2CC[C@@H](OC(=O)NCc3cnc(N4CCN(c5ncc(C(=O)NCCOCCOCCC(=O)N6CCc7cc(Cn8nc(-c9ccc%10oc(N)nc%10c9)c9c(N)ncnc98)ccc7C6)cn5)CC4)nc3)[C@H](OC)C2)CC(=O)[C@H](C)/C=C(\C)[C@@H](O)[C@@H](OC)C(=O)[C@H](C)C[C@H](C)/C=C/C=CC=C1C. The maximum absolute atomic E-state index is 14.8. The number of hydrogen-bond acceptors (Lipinski definition) is 32. The number of piperidine rings is 1. The van der Waals surface area contributed by atoms with E-state index in [1.807, 2.05) is 81.8 Å². The van der Waals surface area contributed by atoms with E-state index in [4.69, 9.17) is 64.6 Å². The van der Waals surface area contributed by atoms with Crippen molar-refractivity contribution >= 4 is 93.0 Å². The molecular formula is C94H124N18O19. The Morgan fingerprint density at radius 1 is 0.733 bits per heavy atom. The molecule has 2 bridgehead atoms. The van der Waals surface area contributed by atoms with Gasteiger partial charge in [-0.15, -0.1) is 0 Å². The molecule has 10 heterocycles. The Kier molecular flexibility index (Phi) is 33.5. The van der Waals surface area contributed by atoms with E-state index < -0.39 is 108 Å². The number of hydrogen-bond donors (Lipinski definition) is 7. The number of amides is 4. The molecule has 0 radical (unpaired) electrons. The third-order valence-electron chi connectivity index (χ3n) is 25.9. The third-order valence-corrected chi connectivity index (χ3v) is 25.9. The highest BCUT2D eigenvalue weighted by atomic mass is 16.6. The van der Waals surface area contributed by atoms with Crippen LogP contribution in [0.15, 0.2) is 120 Å². The van der Waals surface area contributed by atoms with Crippen LogP contribution in [0, 0.1) is 29.6 Å². The fourth-order valence-electron chi connectivity index (χ4n) is 18.2. The molecular weight excluding hydrogens is 1690 g/mol. The Morgan fingerprint density at radius 3 is 2.21 bits per heavy atom. The number of allylic oxidation sites excluding steroid dienone is 6. The summed E-state index contributed by atoms with van der Waals surface area (Å²) >= 11 is 0. The molecule has 3 saturated heterocycles. The van der Waals surface area contributed by atoms with Crippen molar-refractivity contribution in [3.8, 4) is 11.3 Å². The van der Waals surface area contributed by atoms with Gasteiger partial charge in [-0.1, -0.05) is 82.4 Å². The molecule has 6 aliphatic rings. The maximum Gasteiger partial charge on any atom is 0.407 e. The first-order chi connectivity index (χ1) is 63.1. The molecule has 704 valence electrons. The lowest BCUT2D eigenvalue weighted by Crippen LogP contribution is -2.61. The lowest BCUT2D eigenvalue weighted by atomic mass is 9.80. The van der Waals surface area contributed by atoms with E-state index >= 15 is 0 Å². The second-order valence-electron chi connectivity index (χ2n) is 35.2. The van der Waals surface area contributed by atoms with Crippen LogP contribution in [0.1, 0.15) is 158 Å². The number of alkyl carbamates (subject to hydrolysis) is 1. The molecule has 15 atom stereocenters. The van der Waals surface area contributed by atoms with Crippen LogP contribution in [0.25, 0.3) is 33.4 Å². The van der Waals surface area contributed by atoms with Crippen LogP contribution in [-0.2, 0) is 92.7 Å². The number of oxazole rings is 1. The van der Waals surface area contributed by atoms with Crippen molar-refractivity contribution in [2.75, 3.05) is 115 Å². The molecule has 4 fully saturated rings. The highest BCUT2D eigenvalue weighted by molar-refractivity contribution is 6.39. The number of anilines is 4. The van der Waals surface area contributed by atoms with Gasteiger partial charge in [0.25, 0.3) is 23.6 Å². The number of esters is 1. The van der Waals surface area contributed by atoms with Crippen LogP contribution in [0.4, 0.5) is 28.5 Å². The lowest BCUT2D eigenvalue weighted by molar-refractivity contribution is -0.265. The Morgan fingerprint density at radius 2 is 1.47 bits per heavy atom. The van der Waals surface area contributed by atoms with Crippen molar-refractivity contribution in [3.05, 3.63) is 143 Å². The van der Waals surface area contributed by atoms with Gasteiger partial charge in [-0.3, -0.25) is 28.8 Å². The van der Waals surface area contributed by atoms with Gasteiger partial charge in [0.05, 0.1) is 68.7 Å². The first kappa shape index (κ1) is 97.1. The van der Waals surface area contributed by atoms with E-state index in [0.717, 1.165) is 27.2 Å². The highest BCUT2D eigenvalue weighted by Crippen LogP contribution is 2.40. The molecule has 0 spiro atoms. The van der Waals surface area contributed by atoms with E-state index in [1.54, 1.807) is 59.3 Å². The van der Waals surface area contributed by atoms with Crippen molar-refractivity contribution in [2.24, 2.45) is 35.3 Å². The van der Waals surface area contributed by atoms with Crippen LogP contribution in [-0.4, -0.2) is 266 Å².